The molecule has 0 radical (unpaired) electrons. The highest BCUT2D eigenvalue weighted by molar-refractivity contribution is 6.04. The summed E-state index contributed by atoms with van der Waals surface area (Å²) in [6.45, 7) is 6.02. The number of nitrogens with one attached hydrogen (secondary N) is 2. The van der Waals surface area contributed by atoms with Gasteiger partial charge in [-0.05, 0) is 105 Å². The molecule has 3 N–H and O–H groups in total. The molecule has 5 heterocycles. The van der Waals surface area contributed by atoms with Gasteiger partial charge in [0.05, 0.1) is 23.2 Å². The van der Waals surface area contributed by atoms with Crippen LogP contribution in [0.4, 0.5) is 26.0 Å². The van der Waals surface area contributed by atoms with Crippen LogP contribution in [0.2, 0.25) is 0 Å². The van der Waals surface area contributed by atoms with Crippen molar-refractivity contribution < 1.29 is 23.5 Å². The maximum Gasteiger partial charge on any atom is 0.306 e. The molecule has 5 aromatic rings. The maximum atomic E-state index is 13.6. The molecule has 0 spiro atoms. The predicted octanol–water partition coefficient (Wildman–Crippen LogP) is 7.07. The number of benzene rings is 2. The Hall–Kier alpha value is -5.30. The van der Waals surface area contributed by atoms with Crippen molar-refractivity contribution in [1.82, 2.24) is 29.6 Å². The first-order valence-electron chi connectivity index (χ1n) is 16.4. The van der Waals surface area contributed by atoms with Gasteiger partial charge in [0.2, 0.25) is 0 Å². The summed E-state index contributed by atoms with van der Waals surface area (Å²) in [6.07, 6.45) is 1.85. The molecule has 2 aliphatic rings. The molecule has 1 atom stereocenters. The van der Waals surface area contributed by atoms with Crippen LogP contribution in [-0.4, -0.2) is 59.7 Å². The number of piperidine rings is 1. The lowest BCUT2D eigenvalue weighted by Crippen LogP contribution is -2.40. The van der Waals surface area contributed by atoms with Gasteiger partial charge in [0.1, 0.15) is 5.52 Å². The monoisotopic (exact) mass is 666 g/mol. The quantitative estimate of drug-likeness (QED) is 0.159. The number of aliphatic carboxylic acids is 1. The van der Waals surface area contributed by atoms with E-state index in [4.69, 9.17) is 0 Å². The number of rotatable bonds is 8. The van der Waals surface area contributed by atoms with Crippen LogP contribution in [0.3, 0.4) is 0 Å². The first-order valence-corrected chi connectivity index (χ1v) is 16.4. The lowest BCUT2D eigenvalue weighted by atomic mass is 9.93. The largest absolute Gasteiger partial charge is 0.481 e. The van der Waals surface area contributed by atoms with Crippen LogP contribution in [-0.2, 0) is 11.3 Å². The summed E-state index contributed by atoms with van der Waals surface area (Å²) in [5, 5.41) is 20.3. The minimum Gasteiger partial charge on any atom is -0.481 e. The summed E-state index contributed by atoms with van der Waals surface area (Å²) in [7, 11) is 0. The van der Waals surface area contributed by atoms with E-state index >= 15 is 0 Å². The second-order valence-corrected chi connectivity index (χ2v) is 12.6. The predicted molar refractivity (Wildman–Crippen MR) is 181 cm³/mol. The number of halogens is 2. The van der Waals surface area contributed by atoms with Crippen molar-refractivity contribution in [1.29, 1.82) is 0 Å². The van der Waals surface area contributed by atoms with Gasteiger partial charge in [-0.2, -0.15) is 5.10 Å². The Bertz CT molecular complexity index is 2060. The number of carbonyl (C=O) groups excluding carboxylic acids is 1. The Morgan fingerprint density at radius 3 is 2.35 bits per heavy atom. The zero-order valence-corrected chi connectivity index (χ0v) is 27.2. The van der Waals surface area contributed by atoms with Crippen molar-refractivity contribution in [3.63, 3.8) is 0 Å². The van der Waals surface area contributed by atoms with Crippen molar-refractivity contribution in [2.45, 2.75) is 58.5 Å². The number of carboxylic acid groups (broad SMARTS) is 1. The van der Waals surface area contributed by atoms with Gasteiger partial charge in [-0.25, -0.2) is 18.7 Å². The number of aryl methyl sites for hydroxylation is 1. The third-order valence-electron chi connectivity index (χ3n) is 9.68. The van der Waals surface area contributed by atoms with E-state index in [0.717, 1.165) is 47.3 Å². The Morgan fingerprint density at radius 2 is 1.63 bits per heavy atom. The first-order chi connectivity index (χ1) is 23.7. The number of amides is 1. The molecule has 1 fully saturated rings. The van der Waals surface area contributed by atoms with E-state index in [0.29, 0.717) is 54.0 Å². The van der Waals surface area contributed by atoms with Crippen LogP contribution in [0.15, 0.2) is 60.8 Å². The summed E-state index contributed by atoms with van der Waals surface area (Å²) in [5.41, 5.74) is 6.84. The van der Waals surface area contributed by atoms with Gasteiger partial charge in [-0.3, -0.25) is 24.2 Å². The van der Waals surface area contributed by atoms with E-state index in [2.05, 4.69) is 35.6 Å². The van der Waals surface area contributed by atoms with Gasteiger partial charge in [-0.15, -0.1) is 0 Å². The molecule has 252 valence electrons. The summed E-state index contributed by atoms with van der Waals surface area (Å²) >= 11 is 0. The molecule has 1 amide bonds. The molecular formula is C36H36F2N8O3. The van der Waals surface area contributed by atoms with Gasteiger partial charge >= 0.3 is 5.97 Å². The number of carboxylic acids is 1. The minimum absolute atomic E-state index is 0.101. The second-order valence-electron chi connectivity index (χ2n) is 12.6. The minimum atomic E-state index is -2.84. The molecule has 2 aromatic carbocycles. The highest BCUT2D eigenvalue weighted by Crippen LogP contribution is 2.37. The smallest absolute Gasteiger partial charge is 0.306 e. The molecule has 0 saturated carbocycles. The van der Waals surface area contributed by atoms with Crippen LogP contribution in [0.5, 0.6) is 0 Å². The summed E-state index contributed by atoms with van der Waals surface area (Å²) in [4.78, 5) is 39.7. The third-order valence-corrected chi connectivity index (χ3v) is 9.68. The highest BCUT2D eigenvalue weighted by Gasteiger charge is 2.33. The number of aromatic nitrogens is 5. The molecule has 13 heteroatoms. The summed E-state index contributed by atoms with van der Waals surface area (Å²) in [6, 6.07) is 16.6. The molecule has 0 bridgehead atoms. The van der Waals surface area contributed by atoms with Crippen molar-refractivity contribution in [2.24, 2.45) is 5.92 Å². The van der Waals surface area contributed by atoms with Gasteiger partial charge in [0.15, 0.2) is 17.3 Å². The Morgan fingerprint density at radius 1 is 0.918 bits per heavy atom. The summed E-state index contributed by atoms with van der Waals surface area (Å²) < 4.78 is 29.2. The second kappa shape index (κ2) is 13.3. The fraction of sp³-hybridized carbons (Fsp3) is 0.333. The van der Waals surface area contributed by atoms with Gasteiger partial charge < -0.3 is 15.7 Å². The fourth-order valence-electron chi connectivity index (χ4n) is 7.01. The zero-order valence-electron chi connectivity index (χ0n) is 27.2. The normalized spacial score (nSPS) is 16.9. The SMILES string of the molecule is Cc1c(NC(=O)c2cc3n(n2)CCC[C@H]3N2CCC(C(=O)O)CC2)cccc1-c1cccc(Nc2nc(C(F)F)nc3cccnc23)c1C. The number of nitrogens with zero attached hydrogens (tertiary/aromatic N) is 6. The van der Waals surface area contributed by atoms with Crippen molar-refractivity contribution in [2.75, 3.05) is 23.7 Å². The topological polar surface area (TPSA) is 138 Å². The Labute approximate surface area is 281 Å². The Kier molecular flexibility index (Phi) is 8.76. The third kappa shape index (κ3) is 6.33. The molecule has 0 unspecified atom stereocenters. The van der Waals surface area contributed by atoms with Crippen LogP contribution in [0, 0.1) is 19.8 Å². The van der Waals surface area contributed by atoms with Gasteiger partial charge in [-0.1, -0.05) is 24.3 Å². The number of alkyl halides is 2. The lowest BCUT2D eigenvalue weighted by Gasteiger charge is -2.38. The van der Waals surface area contributed by atoms with Gasteiger partial charge in [0.25, 0.3) is 12.3 Å². The van der Waals surface area contributed by atoms with Crippen molar-refractivity contribution >= 4 is 40.1 Å². The zero-order chi connectivity index (χ0) is 34.2. The number of likely N-dealkylation sites (tertiary alicyclic amines) is 1. The molecule has 2 aliphatic heterocycles. The maximum absolute atomic E-state index is 13.6. The number of fused-ring (bicyclic) bond motifs is 2. The lowest BCUT2D eigenvalue weighted by molar-refractivity contribution is -0.143. The van der Waals surface area contributed by atoms with Crippen molar-refractivity contribution in [3.05, 3.63) is 89.1 Å². The average molecular weight is 667 g/mol. The highest BCUT2D eigenvalue weighted by atomic mass is 19.3. The van der Waals surface area contributed by atoms with Crippen LogP contribution < -0.4 is 10.6 Å². The van der Waals surface area contributed by atoms with E-state index in [9.17, 15) is 23.5 Å². The molecule has 49 heavy (non-hydrogen) atoms. The van der Waals surface area contributed by atoms with E-state index in [1.165, 1.54) is 0 Å². The molecule has 1 saturated heterocycles. The molecular weight excluding hydrogens is 630 g/mol. The number of carbonyl (C=O) groups is 2. The van der Waals surface area contributed by atoms with Crippen LogP contribution in [0.25, 0.3) is 22.2 Å². The number of anilines is 3. The molecule has 7 rings (SSSR count). The summed E-state index contributed by atoms with van der Waals surface area (Å²) in [5.74, 6) is -1.73. The van der Waals surface area contributed by atoms with E-state index < -0.39 is 18.2 Å². The average Bonchev–Trinajstić information content (AvgIpc) is 3.55. The Balaban J connectivity index is 1.12. The molecule has 0 aliphatic carbocycles. The molecule has 11 nitrogen and oxygen atoms in total. The van der Waals surface area contributed by atoms with E-state index in [1.807, 2.05) is 61.0 Å². The first kappa shape index (κ1) is 32.3. The fourth-order valence-corrected chi connectivity index (χ4v) is 7.01. The van der Waals surface area contributed by atoms with Crippen LogP contribution in [0.1, 0.15) is 71.3 Å². The number of hydrogen-bond donors (Lipinski definition) is 3. The van der Waals surface area contributed by atoms with Gasteiger partial charge in [0, 0.05) is 24.1 Å². The standard InChI is InChI=1S/C36H36F2N8O3/c1-20-23(7-3-9-25(20)40-33-31-27(11-5-15-39-31)41-34(43-33)32(37)38)24-8-4-10-26(21(24)2)42-35(47)28-19-30-29(12-6-16-46(30)44-28)45-17-13-22(14-18-45)36(48)49/h3-5,7-11,15,19,22,29,32H,6,12-14,16-18H2,1-2H3,(H,42,47)(H,48,49)(H,40,41,43)/t29-/m1/s1. The van der Waals surface area contributed by atoms with Crippen molar-refractivity contribution in [3.8, 4) is 11.1 Å². The van der Waals surface area contributed by atoms with E-state index in [1.54, 1.807) is 18.3 Å². The number of pyridine rings is 1. The number of hydrogen-bond acceptors (Lipinski definition) is 8. The van der Waals surface area contributed by atoms with E-state index in [-0.39, 0.29) is 23.7 Å². The molecule has 3 aromatic heterocycles. The van der Waals surface area contributed by atoms with Crippen LogP contribution >= 0.6 is 0 Å².